The third kappa shape index (κ3) is 3.67. The predicted octanol–water partition coefficient (Wildman–Crippen LogP) is 2.85. The molecule has 24 heavy (non-hydrogen) atoms. The first-order chi connectivity index (χ1) is 11.6. The fraction of sp³-hybridized carbons (Fsp3) is 0.0556. The number of hydrogen-bond donors (Lipinski definition) is 3. The molecule has 1 heterocycles. The average molecular weight is 320 g/mol. The number of aromatic amines is 1. The van der Waals surface area contributed by atoms with Gasteiger partial charge in [-0.05, 0) is 42.8 Å². The fourth-order valence-electron chi connectivity index (χ4n) is 2.10. The topological polar surface area (TPSA) is 90.4 Å². The van der Waals surface area contributed by atoms with Crippen LogP contribution < -0.4 is 5.43 Å². The molecule has 0 aliphatic carbocycles. The molecule has 0 saturated carbocycles. The van der Waals surface area contributed by atoms with Crippen molar-refractivity contribution in [3.63, 3.8) is 0 Å². The first-order valence-corrected chi connectivity index (χ1v) is 7.37. The van der Waals surface area contributed by atoms with Crippen molar-refractivity contribution in [2.75, 3.05) is 0 Å². The number of aryl methyl sites for hydroxylation is 1. The second-order valence-corrected chi connectivity index (χ2v) is 5.32. The van der Waals surface area contributed by atoms with Crippen LogP contribution in [0.15, 0.2) is 59.7 Å². The van der Waals surface area contributed by atoms with Crippen molar-refractivity contribution < 1.29 is 9.90 Å². The summed E-state index contributed by atoms with van der Waals surface area (Å²) in [6.07, 6.45) is 1.49. The van der Waals surface area contributed by atoms with Gasteiger partial charge in [0.2, 0.25) is 0 Å². The summed E-state index contributed by atoms with van der Waals surface area (Å²) in [4.78, 5) is 12.1. The molecule has 0 radical (unpaired) electrons. The van der Waals surface area contributed by atoms with Crippen LogP contribution in [0.5, 0.6) is 5.75 Å². The lowest BCUT2D eigenvalue weighted by Gasteiger charge is -1.97. The Labute approximate surface area is 138 Å². The predicted molar refractivity (Wildman–Crippen MR) is 91.9 cm³/mol. The van der Waals surface area contributed by atoms with Crippen molar-refractivity contribution in [2.45, 2.75) is 6.92 Å². The summed E-state index contributed by atoms with van der Waals surface area (Å²) in [5, 5.41) is 19.9. The zero-order valence-electron chi connectivity index (χ0n) is 13.0. The summed E-state index contributed by atoms with van der Waals surface area (Å²) in [5.41, 5.74) is 6.32. The van der Waals surface area contributed by atoms with Crippen LogP contribution in [-0.4, -0.2) is 27.4 Å². The zero-order valence-corrected chi connectivity index (χ0v) is 13.0. The summed E-state index contributed by atoms with van der Waals surface area (Å²) >= 11 is 0. The summed E-state index contributed by atoms with van der Waals surface area (Å²) < 4.78 is 0. The largest absolute Gasteiger partial charge is 0.508 e. The lowest BCUT2D eigenvalue weighted by atomic mass is 10.1. The van der Waals surface area contributed by atoms with E-state index in [9.17, 15) is 9.90 Å². The maximum Gasteiger partial charge on any atom is 0.289 e. The van der Waals surface area contributed by atoms with Crippen molar-refractivity contribution >= 4 is 12.1 Å². The van der Waals surface area contributed by atoms with Gasteiger partial charge in [-0.15, -0.1) is 0 Å². The molecule has 1 aromatic heterocycles. The van der Waals surface area contributed by atoms with E-state index in [1.807, 2.05) is 31.2 Å². The molecule has 6 nitrogen and oxygen atoms in total. The highest BCUT2D eigenvalue weighted by atomic mass is 16.3. The number of hydrazone groups is 1. The molecule has 0 spiro atoms. The average Bonchev–Trinajstić information content (AvgIpc) is 3.07. The van der Waals surface area contributed by atoms with Gasteiger partial charge >= 0.3 is 0 Å². The Kier molecular flexibility index (Phi) is 4.38. The number of nitrogens with zero attached hydrogens (tertiary/aromatic N) is 2. The highest BCUT2D eigenvalue weighted by Crippen LogP contribution is 2.18. The van der Waals surface area contributed by atoms with Crippen LogP contribution in [0.4, 0.5) is 0 Å². The minimum absolute atomic E-state index is 0.178. The van der Waals surface area contributed by atoms with Crippen LogP contribution in [0.25, 0.3) is 11.3 Å². The standard InChI is InChI=1S/C18H16N4O2/c1-12-2-6-14(7-3-12)16-10-17(21-20-16)18(24)22-19-11-13-4-8-15(23)9-5-13/h2-11,23H,1H3,(H,20,21)(H,22,24)/b19-11-. The van der Waals surface area contributed by atoms with Crippen molar-refractivity contribution in [3.8, 4) is 17.0 Å². The number of carbonyl (C=O) groups excluding carboxylic acids is 1. The SMILES string of the molecule is Cc1ccc(-c2cc(C(=O)N/N=C\c3ccc(O)cc3)[nH]n2)cc1. The van der Waals surface area contributed by atoms with E-state index >= 15 is 0 Å². The van der Waals surface area contributed by atoms with E-state index in [0.717, 1.165) is 16.7 Å². The summed E-state index contributed by atoms with van der Waals surface area (Å²) in [5.74, 6) is -0.201. The molecular formula is C18H16N4O2. The monoisotopic (exact) mass is 320 g/mol. The number of benzene rings is 2. The van der Waals surface area contributed by atoms with Crippen molar-refractivity contribution in [1.82, 2.24) is 15.6 Å². The second-order valence-electron chi connectivity index (χ2n) is 5.32. The van der Waals surface area contributed by atoms with Gasteiger partial charge in [0.1, 0.15) is 11.4 Å². The van der Waals surface area contributed by atoms with Crippen molar-refractivity contribution in [3.05, 3.63) is 71.4 Å². The molecule has 1 amide bonds. The van der Waals surface area contributed by atoms with E-state index in [2.05, 4.69) is 20.7 Å². The first-order valence-electron chi connectivity index (χ1n) is 7.37. The number of nitrogens with one attached hydrogen (secondary N) is 2. The van der Waals surface area contributed by atoms with Gasteiger partial charge in [0.25, 0.3) is 5.91 Å². The van der Waals surface area contributed by atoms with E-state index < -0.39 is 0 Å². The molecule has 0 unspecified atom stereocenters. The van der Waals surface area contributed by atoms with Gasteiger partial charge in [-0.25, -0.2) is 5.43 Å². The van der Waals surface area contributed by atoms with Gasteiger partial charge in [-0.1, -0.05) is 29.8 Å². The number of aromatic hydroxyl groups is 1. The van der Waals surface area contributed by atoms with Crippen molar-refractivity contribution in [1.29, 1.82) is 0 Å². The molecule has 0 aliphatic heterocycles. The van der Waals surface area contributed by atoms with Crippen LogP contribution in [0.3, 0.4) is 0 Å². The second kappa shape index (κ2) is 6.78. The number of phenolic OH excluding ortho intramolecular Hbond substituents is 1. The first kappa shape index (κ1) is 15.5. The van der Waals surface area contributed by atoms with Gasteiger partial charge in [0.15, 0.2) is 0 Å². The van der Waals surface area contributed by atoms with E-state index in [1.165, 1.54) is 6.21 Å². The molecule has 0 aliphatic rings. The van der Waals surface area contributed by atoms with Crippen molar-refractivity contribution in [2.24, 2.45) is 5.10 Å². The molecule has 6 heteroatoms. The zero-order chi connectivity index (χ0) is 16.9. The number of phenols is 1. The molecular weight excluding hydrogens is 304 g/mol. The summed E-state index contributed by atoms with van der Waals surface area (Å²) in [7, 11) is 0. The molecule has 3 rings (SSSR count). The van der Waals surface area contributed by atoms with Crippen LogP contribution in [-0.2, 0) is 0 Å². The van der Waals surface area contributed by atoms with E-state index in [1.54, 1.807) is 30.3 Å². The minimum atomic E-state index is -0.379. The number of amides is 1. The lowest BCUT2D eigenvalue weighted by molar-refractivity contribution is 0.0950. The fourth-order valence-corrected chi connectivity index (χ4v) is 2.10. The quantitative estimate of drug-likeness (QED) is 0.510. The van der Waals surface area contributed by atoms with E-state index in [0.29, 0.717) is 11.4 Å². The van der Waals surface area contributed by atoms with Gasteiger partial charge in [-0.2, -0.15) is 10.2 Å². The maximum atomic E-state index is 12.1. The highest BCUT2D eigenvalue weighted by Gasteiger charge is 2.10. The number of H-pyrrole nitrogens is 1. The van der Waals surface area contributed by atoms with Crippen LogP contribution in [0.2, 0.25) is 0 Å². The molecule has 3 aromatic rings. The molecule has 0 saturated heterocycles. The summed E-state index contributed by atoms with van der Waals surface area (Å²) in [6.45, 7) is 2.01. The van der Waals surface area contributed by atoms with E-state index in [-0.39, 0.29) is 11.7 Å². The molecule has 0 fully saturated rings. The van der Waals surface area contributed by atoms with E-state index in [4.69, 9.17) is 0 Å². The van der Waals surface area contributed by atoms with Gasteiger partial charge < -0.3 is 5.11 Å². The minimum Gasteiger partial charge on any atom is -0.508 e. The number of rotatable bonds is 4. The number of carbonyl (C=O) groups is 1. The Bertz CT molecular complexity index is 865. The normalized spacial score (nSPS) is 10.9. The molecule has 120 valence electrons. The molecule has 0 atom stereocenters. The van der Waals surface area contributed by atoms with Gasteiger partial charge in [0, 0.05) is 5.56 Å². The number of hydrogen-bond acceptors (Lipinski definition) is 4. The van der Waals surface area contributed by atoms with Crippen LogP contribution >= 0.6 is 0 Å². The lowest BCUT2D eigenvalue weighted by Crippen LogP contribution is -2.17. The molecule has 3 N–H and O–H groups in total. The third-order valence-electron chi connectivity index (χ3n) is 3.44. The summed E-state index contributed by atoms with van der Waals surface area (Å²) in [6, 6.07) is 16.0. The third-order valence-corrected chi connectivity index (χ3v) is 3.44. The van der Waals surface area contributed by atoms with Crippen LogP contribution in [0, 0.1) is 6.92 Å². The Morgan fingerprint density at radius 2 is 1.88 bits per heavy atom. The smallest absolute Gasteiger partial charge is 0.289 e. The highest BCUT2D eigenvalue weighted by molar-refractivity contribution is 5.94. The molecule has 2 aromatic carbocycles. The Morgan fingerprint density at radius 1 is 1.17 bits per heavy atom. The van der Waals surface area contributed by atoms with Gasteiger partial charge in [0.05, 0.1) is 11.9 Å². The molecule has 0 bridgehead atoms. The maximum absolute atomic E-state index is 12.1. The Balaban J connectivity index is 1.65. The van der Waals surface area contributed by atoms with Gasteiger partial charge in [-0.3, -0.25) is 9.89 Å². The van der Waals surface area contributed by atoms with Crippen LogP contribution in [0.1, 0.15) is 21.6 Å². The Morgan fingerprint density at radius 3 is 2.58 bits per heavy atom. The Hall–Kier alpha value is -3.41. The number of aromatic nitrogens is 2.